The van der Waals surface area contributed by atoms with Crippen LogP contribution in [0, 0.1) is 5.92 Å². The number of carbonyl (C=O) groups excluding carboxylic acids is 1. The fraction of sp³-hybridized carbons (Fsp3) is 0.875. The third-order valence-electron chi connectivity index (χ3n) is 3.13. The summed E-state index contributed by atoms with van der Waals surface area (Å²) >= 11 is 0. The van der Waals surface area contributed by atoms with Crippen LogP contribution in [0.2, 0.25) is 0 Å². The first-order chi connectivity index (χ1) is 10.9. The van der Waals surface area contributed by atoms with Gasteiger partial charge in [-0.25, -0.2) is 4.79 Å². The predicted molar refractivity (Wildman–Crippen MR) is 107 cm³/mol. The molecule has 0 heterocycles. The lowest BCUT2D eigenvalue weighted by Crippen LogP contribution is -2.40. The molecule has 142 valence electrons. The Kier molecular flexibility index (Phi) is 12.2. The number of alkyl carbamates (subject to hydrolysis) is 1. The highest BCUT2D eigenvalue weighted by Gasteiger charge is 2.20. The van der Waals surface area contributed by atoms with Crippen molar-refractivity contribution < 1.29 is 14.3 Å². The molecule has 1 amide bonds. The maximum atomic E-state index is 11.5. The number of carbonyl (C=O) groups is 1. The van der Waals surface area contributed by atoms with Gasteiger partial charge < -0.3 is 25.4 Å². The Labute approximate surface area is 162 Å². The molecule has 0 aliphatic heterocycles. The van der Waals surface area contributed by atoms with Crippen LogP contribution >= 0.6 is 24.0 Å². The van der Waals surface area contributed by atoms with Crippen LogP contribution in [0.4, 0.5) is 4.79 Å². The van der Waals surface area contributed by atoms with Gasteiger partial charge in [-0.2, -0.15) is 0 Å². The van der Waals surface area contributed by atoms with Crippen LogP contribution < -0.4 is 16.0 Å². The van der Waals surface area contributed by atoms with Crippen molar-refractivity contribution in [2.24, 2.45) is 10.9 Å². The average molecular weight is 456 g/mol. The zero-order valence-electron chi connectivity index (χ0n) is 15.3. The molecule has 0 saturated heterocycles. The smallest absolute Gasteiger partial charge is 0.407 e. The highest BCUT2D eigenvalue weighted by atomic mass is 127. The molecular weight excluding hydrogens is 423 g/mol. The first-order valence-electron chi connectivity index (χ1n) is 8.40. The topological polar surface area (TPSA) is 84.0 Å². The van der Waals surface area contributed by atoms with Crippen molar-refractivity contribution >= 4 is 36.0 Å². The van der Waals surface area contributed by atoms with Gasteiger partial charge in [-0.05, 0) is 46.0 Å². The number of rotatable bonds is 9. The van der Waals surface area contributed by atoms with Crippen LogP contribution in [0.15, 0.2) is 4.99 Å². The second-order valence-electron chi connectivity index (χ2n) is 6.73. The quantitative estimate of drug-likeness (QED) is 0.214. The van der Waals surface area contributed by atoms with E-state index in [2.05, 4.69) is 20.9 Å². The van der Waals surface area contributed by atoms with Gasteiger partial charge in [-0.3, -0.25) is 4.99 Å². The lowest BCUT2D eigenvalue weighted by molar-refractivity contribution is 0.0527. The van der Waals surface area contributed by atoms with E-state index < -0.39 is 5.60 Å². The van der Waals surface area contributed by atoms with E-state index in [1.165, 1.54) is 12.8 Å². The second kappa shape index (κ2) is 12.6. The molecular formula is C16H33IN4O3. The van der Waals surface area contributed by atoms with Gasteiger partial charge in [0, 0.05) is 33.3 Å². The SMILES string of the molecule is CN=C(NCCCNC(=O)OC(C)(C)C)NCCOCC1CC1.I. The van der Waals surface area contributed by atoms with Crippen molar-refractivity contribution in [1.82, 2.24) is 16.0 Å². The number of hydrogen-bond acceptors (Lipinski definition) is 4. The van der Waals surface area contributed by atoms with E-state index in [0.29, 0.717) is 13.2 Å². The number of ether oxygens (including phenoxy) is 2. The zero-order valence-corrected chi connectivity index (χ0v) is 17.6. The summed E-state index contributed by atoms with van der Waals surface area (Å²) in [5.74, 6) is 1.54. The Morgan fingerprint density at radius 2 is 1.75 bits per heavy atom. The molecule has 0 spiro atoms. The first kappa shape index (κ1) is 23.2. The van der Waals surface area contributed by atoms with Gasteiger partial charge in [0.25, 0.3) is 0 Å². The van der Waals surface area contributed by atoms with Gasteiger partial charge in [0.05, 0.1) is 6.61 Å². The largest absolute Gasteiger partial charge is 0.444 e. The summed E-state index contributed by atoms with van der Waals surface area (Å²) in [5, 5.41) is 9.12. The summed E-state index contributed by atoms with van der Waals surface area (Å²) in [5.41, 5.74) is -0.462. The number of amides is 1. The van der Waals surface area contributed by atoms with Crippen molar-refractivity contribution in [3.8, 4) is 0 Å². The van der Waals surface area contributed by atoms with Crippen LogP contribution in [0.5, 0.6) is 0 Å². The maximum absolute atomic E-state index is 11.5. The fourth-order valence-corrected chi connectivity index (χ4v) is 1.80. The summed E-state index contributed by atoms with van der Waals surface area (Å²) in [4.78, 5) is 15.6. The van der Waals surface area contributed by atoms with Crippen molar-refractivity contribution in [1.29, 1.82) is 0 Å². The molecule has 0 aromatic carbocycles. The van der Waals surface area contributed by atoms with Crippen molar-refractivity contribution in [2.45, 2.75) is 45.6 Å². The number of halogens is 1. The summed E-state index contributed by atoms with van der Waals surface area (Å²) in [6.45, 7) is 9.13. The lowest BCUT2D eigenvalue weighted by Gasteiger charge is -2.19. The molecule has 3 N–H and O–H groups in total. The average Bonchev–Trinajstić information content (AvgIpc) is 3.26. The monoisotopic (exact) mass is 456 g/mol. The predicted octanol–water partition coefficient (Wildman–Crippen LogP) is 2.11. The molecule has 8 heteroatoms. The molecule has 0 aromatic heterocycles. The van der Waals surface area contributed by atoms with Crippen LogP contribution in [0.3, 0.4) is 0 Å². The summed E-state index contributed by atoms with van der Waals surface area (Å²) in [6, 6.07) is 0. The van der Waals surface area contributed by atoms with Crippen molar-refractivity contribution in [3.05, 3.63) is 0 Å². The molecule has 0 radical (unpaired) electrons. The molecule has 1 saturated carbocycles. The molecule has 0 bridgehead atoms. The Morgan fingerprint density at radius 1 is 1.12 bits per heavy atom. The van der Waals surface area contributed by atoms with Gasteiger partial charge >= 0.3 is 6.09 Å². The molecule has 24 heavy (non-hydrogen) atoms. The minimum Gasteiger partial charge on any atom is -0.444 e. The van der Waals surface area contributed by atoms with E-state index in [-0.39, 0.29) is 30.1 Å². The number of nitrogens with zero attached hydrogens (tertiary/aromatic N) is 1. The van der Waals surface area contributed by atoms with E-state index in [9.17, 15) is 4.79 Å². The van der Waals surface area contributed by atoms with Crippen molar-refractivity contribution in [2.75, 3.05) is 39.9 Å². The molecule has 1 fully saturated rings. The van der Waals surface area contributed by atoms with Gasteiger partial charge in [0.1, 0.15) is 5.60 Å². The minimum absolute atomic E-state index is 0. The Hall–Kier alpha value is -0.770. The van der Waals surface area contributed by atoms with Gasteiger partial charge in [-0.1, -0.05) is 0 Å². The van der Waals surface area contributed by atoms with E-state index >= 15 is 0 Å². The summed E-state index contributed by atoms with van der Waals surface area (Å²) in [6.07, 6.45) is 3.04. The Morgan fingerprint density at radius 3 is 2.33 bits per heavy atom. The van der Waals surface area contributed by atoms with Gasteiger partial charge in [0.15, 0.2) is 5.96 Å². The van der Waals surface area contributed by atoms with E-state index in [0.717, 1.165) is 38.0 Å². The van der Waals surface area contributed by atoms with Crippen molar-refractivity contribution in [3.63, 3.8) is 0 Å². The second-order valence-corrected chi connectivity index (χ2v) is 6.73. The van der Waals surface area contributed by atoms with E-state index in [4.69, 9.17) is 9.47 Å². The highest BCUT2D eigenvalue weighted by molar-refractivity contribution is 14.0. The fourth-order valence-electron chi connectivity index (χ4n) is 1.80. The highest BCUT2D eigenvalue weighted by Crippen LogP contribution is 2.28. The standard InChI is InChI=1S/C16H32N4O3.HI/c1-16(2,3)23-15(21)20-9-5-8-18-14(17-4)19-10-11-22-12-13-6-7-13;/h13H,5-12H2,1-4H3,(H,20,21)(H2,17,18,19);1H. The normalized spacial score (nSPS) is 14.6. The first-order valence-corrected chi connectivity index (χ1v) is 8.40. The van der Waals surface area contributed by atoms with E-state index in [1.54, 1.807) is 7.05 Å². The van der Waals surface area contributed by atoms with Gasteiger partial charge in [0.2, 0.25) is 0 Å². The number of nitrogens with one attached hydrogen (secondary N) is 3. The molecule has 0 unspecified atom stereocenters. The zero-order chi connectivity index (χ0) is 17.1. The minimum atomic E-state index is -0.462. The van der Waals surface area contributed by atoms with Crippen LogP contribution in [-0.2, 0) is 9.47 Å². The van der Waals surface area contributed by atoms with Crippen LogP contribution in [0.1, 0.15) is 40.0 Å². The Balaban J connectivity index is 0.00000529. The summed E-state index contributed by atoms with van der Waals surface area (Å²) < 4.78 is 10.7. The number of aliphatic imine (C=N–C) groups is 1. The summed E-state index contributed by atoms with van der Waals surface area (Å²) in [7, 11) is 1.74. The molecule has 0 atom stereocenters. The Bertz CT molecular complexity index is 382. The number of guanidine groups is 1. The third-order valence-corrected chi connectivity index (χ3v) is 3.13. The van der Waals surface area contributed by atoms with Crippen LogP contribution in [0.25, 0.3) is 0 Å². The van der Waals surface area contributed by atoms with Gasteiger partial charge in [-0.15, -0.1) is 24.0 Å². The number of hydrogen-bond donors (Lipinski definition) is 3. The third kappa shape index (κ3) is 13.6. The van der Waals surface area contributed by atoms with E-state index in [1.807, 2.05) is 20.8 Å². The molecule has 1 aliphatic rings. The van der Waals surface area contributed by atoms with Crippen LogP contribution in [-0.4, -0.2) is 57.5 Å². The molecule has 1 aliphatic carbocycles. The molecule has 7 nitrogen and oxygen atoms in total. The lowest BCUT2D eigenvalue weighted by atomic mass is 10.2. The molecule has 0 aromatic rings. The molecule has 1 rings (SSSR count). The maximum Gasteiger partial charge on any atom is 0.407 e.